The molecule has 0 spiro atoms. The molecule has 174 valence electrons. The zero-order valence-corrected chi connectivity index (χ0v) is 19.5. The Labute approximate surface area is 186 Å². The summed E-state index contributed by atoms with van der Waals surface area (Å²) in [6.45, 7) is 5.17. The summed E-state index contributed by atoms with van der Waals surface area (Å²) in [6, 6.07) is 3.91. The van der Waals surface area contributed by atoms with Gasteiger partial charge in [-0.3, -0.25) is 9.89 Å². The Bertz CT molecular complexity index is 703. The highest BCUT2D eigenvalue weighted by Gasteiger charge is 2.38. The van der Waals surface area contributed by atoms with Crippen molar-refractivity contribution in [2.75, 3.05) is 61.2 Å². The molecule has 0 amide bonds. The lowest BCUT2D eigenvalue weighted by molar-refractivity contribution is -0.0352. The third-order valence-electron chi connectivity index (χ3n) is 6.46. The molecule has 8 heteroatoms. The van der Waals surface area contributed by atoms with Gasteiger partial charge in [0.1, 0.15) is 0 Å². The van der Waals surface area contributed by atoms with E-state index >= 15 is 0 Å². The fourth-order valence-electron chi connectivity index (χ4n) is 4.74. The molecule has 1 saturated heterocycles. The summed E-state index contributed by atoms with van der Waals surface area (Å²) < 4.78 is 21.9. The maximum absolute atomic E-state index is 5.60. The summed E-state index contributed by atoms with van der Waals surface area (Å²) in [7, 11) is 6.68. The van der Waals surface area contributed by atoms with E-state index in [2.05, 4.69) is 20.5 Å². The zero-order chi connectivity index (χ0) is 22.1. The highest BCUT2D eigenvalue weighted by Crippen LogP contribution is 2.38. The van der Waals surface area contributed by atoms with E-state index in [9.17, 15) is 0 Å². The number of guanidine groups is 1. The molecule has 1 aromatic carbocycles. The van der Waals surface area contributed by atoms with Crippen LogP contribution in [0.15, 0.2) is 17.1 Å². The van der Waals surface area contributed by atoms with E-state index in [-0.39, 0.29) is 5.54 Å². The Morgan fingerprint density at radius 3 is 2.19 bits per heavy atom. The predicted molar refractivity (Wildman–Crippen MR) is 123 cm³/mol. The van der Waals surface area contributed by atoms with E-state index in [0.29, 0.717) is 23.8 Å². The summed E-state index contributed by atoms with van der Waals surface area (Å²) in [5, 5.41) is 7.03. The van der Waals surface area contributed by atoms with Gasteiger partial charge < -0.3 is 29.6 Å². The third kappa shape index (κ3) is 5.74. The third-order valence-corrected chi connectivity index (χ3v) is 6.46. The van der Waals surface area contributed by atoms with Gasteiger partial charge in [0.15, 0.2) is 17.5 Å². The molecule has 1 saturated carbocycles. The minimum absolute atomic E-state index is 0.187. The lowest BCUT2D eigenvalue weighted by Gasteiger charge is -2.48. The molecule has 0 atom stereocenters. The van der Waals surface area contributed by atoms with E-state index in [1.54, 1.807) is 21.3 Å². The fourth-order valence-corrected chi connectivity index (χ4v) is 4.74. The monoisotopic (exact) mass is 434 g/mol. The Kier molecular flexibility index (Phi) is 8.66. The number of morpholine rings is 1. The number of methoxy groups -OCH3 is 3. The van der Waals surface area contributed by atoms with Crippen LogP contribution >= 0.6 is 0 Å². The number of rotatable bonds is 8. The number of nitrogens with one attached hydrogen (secondary N) is 2. The van der Waals surface area contributed by atoms with E-state index in [1.807, 2.05) is 19.2 Å². The van der Waals surface area contributed by atoms with E-state index in [1.165, 1.54) is 32.1 Å². The first kappa shape index (κ1) is 23.5. The summed E-state index contributed by atoms with van der Waals surface area (Å²) in [5.41, 5.74) is 1.21. The Hall–Kier alpha value is -2.19. The minimum atomic E-state index is 0.187. The molecular weight excluding hydrogens is 396 g/mol. The van der Waals surface area contributed by atoms with Gasteiger partial charge in [-0.1, -0.05) is 19.3 Å². The van der Waals surface area contributed by atoms with Gasteiger partial charge in [-0.25, -0.2) is 0 Å². The van der Waals surface area contributed by atoms with Crippen molar-refractivity contribution in [3.05, 3.63) is 17.7 Å². The quantitative estimate of drug-likeness (QED) is 0.481. The maximum Gasteiger partial charge on any atom is 0.203 e. The molecule has 31 heavy (non-hydrogen) atoms. The molecule has 2 N–H and O–H groups in total. The first-order valence-electron chi connectivity index (χ1n) is 11.2. The first-order chi connectivity index (χ1) is 15.2. The van der Waals surface area contributed by atoms with Crippen LogP contribution in [0.3, 0.4) is 0 Å². The molecule has 1 heterocycles. The highest BCUT2D eigenvalue weighted by atomic mass is 16.5. The second-order valence-electron chi connectivity index (χ2n) is 8.20. The molecule has 1 aromatic rings. The average Bonchev–Trinajstić information content (AvgIpc) is 2.84. The summed E-state index contributed by atoms with van der Waals surface area (Å²) in [6.07, 6.45) is 6.36. The van der Waals surface area contributed by atoms with E-state index < -0.39 is 0 Å². The van der Waals surface area contributed by atoms with Gasteiger partial charge in [0.25, 0.3) is 0 Å². The molecular formula is C23H38N4O4. The number of ether oxygens (including phenoxy) is 4. The normalized spacial score (nSPS) is 19.5. The van der Waals surface area contributed by atoms with Crippen LogP contribution in [0.2, 0.25) is 0 Å². The summed E-state index contributed by atoms with van der Waals surface area (Å²) >= 11 is 0. The standard InChI is InChI=1S/C23H38N4O4/c1-24-22(25-16-18-14-19(28-2)21(30-4)20(15-18)29-3)26-17-23(8-6-5-7-9-23)27-10-12-31-13-11-27/h14-15H,5-13,16-17H2,1-4H3,(H2,24,25,26). The molecule has 0 bridgehead atoms. The number of aliphatic imine (C=N–C) groups is 1. The molecule has 3 rings (SSSR count). The maximum atomic E-state index is 5.60. The van der Waals surface area contributed by atoms with Crippen molar-refractivity contribution in [3.8, 4) is 17.2 Å². The lowest BCUT2D eigenvalue weighted by Crippen LogP contribution is -2.60. The largest absolute Gasteiger partial charge is 0.493 e. The molecule has 2 fully saturated rings. The van der Waals surface area contributed by atoms with E-state index in [4.69, 9.17) is 18.9 Å². The van der Waals surface area contributed by atoms with Crippen molar-refractivity contribution in [2.45, 2.75) is 44.2 Å². The van der Waals surface area contributed by atoms with Gasteiger partial charge in [0.2, 0.25) is 5.75 Å². The van der Waals surface area contributed by atoms with Gasteiger partial charge in [0, 0.05) is 38.8 Å². The van der Waals surface area contributed by atoms with Gasteiger partial charge in [-0.05, 0) is 30.5 Å². The van der Waals surface area contributed by atoms with Crippen molar-refractivity contribution in [2.24, 2.45) is 4.99 Å². The zero-order valence-electron chi connectivity index (χ0n) is 19.5. The minimum Gasteiger partial charge on any atom is -0.493 e. The molecule has 2 aliphatic rings. The van der Waals surface area contributed by atoms with Crippen LogP contribution in [0.5, 0.6) is 17.2 Å². The van der Waals surface area contributed by atoms with Crippen molar-refractivity contribution in [3.63, 3.8) is 0 Å². The SMILES string of the molecule is CN=C(NCc1cc(OC)c(OC)c(OC)c1)NCC1(N2CCOCC2)CCCCC1. The Morgan fingerprint density at radius 1 is 1.00 bits per heavy atom. The van der Waals surface area contributed by atoms with Crippen molar-refractivity contribution >= 4 is 5.96 Å². The van der Waals surface area contributed by atoms with Crippen molar-refractivity contribution in [1.29, 1.82) is 0 Å². The van der Waals surface area contributed by atoms with Crippen LogP contribution in [0.1, 0.15) is 37.7 Å². The second kappa shape index (κ2) is 11.4. The van der Waals surface area contributed by atoms with Crippen LogP contribution in [0.4, 0.5) is 0 Å². The van der Waals surface area contributed by atoms with Crippen molar-refractivity contribution in [1.82, 2.24) is 15.5 Å². The lowest BCUT2D eigenvalue weighted by atomic mass is 9.80. The smallest absolute Gasteiger partial charge is 0.203 e. The van der Waals surface area contributed by atoms with Crippen LogP contribution in [-0.4, -0.2) is 77.6 Å². The number of benzene rings is 1. The van der Waals surface area contributed by atoms with Crippen LogP contribution in [-0.2, 0) is 11.3 Å². The number of hydrogen-bond donors (Lipinski definition) is 2. The van der Waals surface area contributed by atoms with Gasteiger partial charge in [-0.15, -0.1) is 0 Å². The Morgan fingerprint density at radius 2 is 1.65 bits per heavy atom. The van der Waals surface area contributed by atoms with Gasteiger partial charge in [-0.2, -0.15) is 0 Å². The number of nitrogens with zero attached hydrogens (tertiary/aromatic N) is 2. The van der Waals surface area contributed by atoms with Gasteiger partial charge >= 0.3 is 0 Å². The van der Waals surface area contributed by atoms with Crippen molar-refractivity contribution < 1.29 is 18.9 Å². The molecule has 0 unspecified atom stereocenters. The molecule has 1 aliphatic heterocycles. The molecule has 0 radical (unpaired) electrons. The number of hydrogen-bond acceptors (Lipinski definition) is 6. The van der Waals surface area contributed by atoms with E-state index in [0.717, 1.165) is 44.4 Å². The van der Waals surface area contributed by atoms with Crippen LogP contribution in [0.25, 0.3) is 0 Å². The fraction of sp³-hybridized carbons (Fsp3) is 0.696. The predicted octanol–water partition coefficient (Wildman–Crippen LogP) is 2.41. The van der Waals surface area contributed by atoms with Crippen LogP contribution in [0, 0.1) is 0 Å². The molecule has 1 aliphatic carbocycles. The van der Waals surface area contributed by atoms with Crippen LogP contribution < -0.4 is 24.8 Å². The second-order valence-corrected chi connectivity index (χ2v) is 8.20. The summed E-state index contributed by atoms with van der Waals surface area (Å²) in [4.78, 5) is 7.08. The highest BCUT2D eigenvalue weighted by molar-refractivity contribution is 5.79. The van der Waals surface area contributed by atoms with Gasteiger partial charge in [0.05, 0.1) is 34.5 Å². The average molecular weight is 435 g/mol. The molecule has 8 nitrogen and oxygen atoms in total. The Balaban J connectivity index is 1.63. The first-order valence-corrected chi connectivity index (χ1v) is 11.2. The topological polar surface area (TPSA) is 76.6 Å². The molecule has 0 aromatic heterocycles. The summed E-state index contributed by atoms with van der Waals surface area (Å²) in [5.74, 6) is 2.69.